The number of benzene rings is 1. The molecule has 2 rings (SSSR count). The molecule has 0 saturated heterocycles. The van der Waals surface area contributed by atoms with E-state index in [0.29, 0.717) is 5.56 Å². The van der Waals surface area contributed by atoms with Crippen LogP contribution < -0.4 is 0 Å². The zero-order valence-corrected chi connectivity index (χ0v) is 11.6. The summed E-state index contributed by atoms with van der Waals surface area (Å²) in [5.74, 6) is -4.45. The lowest BCUT2D eigenvalue weighted by Crippen LogP contribution is -2.05. The van der Waals surface area contributed by atoms with Crippen molar-refractivity contribution in [2.45, 2.75) is 6.42 Å². The van der Waals surface area contributed by atoms with Crippen LogP contribution in [0.5, 0.6) is 0 Å². The zero-order valence-electron chi connectivity index (χ0n) is 11.6. The van der Waals surface area contributed by atoms with E-state index in [1.165, 1.54) is 7.11 Å². The van der Waals surface area contributed by atoms with Crippen molar-refractivity contribution in [1.82, 2.24) is 4.98 Å². The van der Waals surface area contributed by atoms with Gasteiger partial charge in [0.15, 0.2) is 0 Å². The van der Waals surface area contributed by atoms with Crippen LogP contribution in [-0.4, -0.2) is 29.8 Å². The summed E-state index contributed by atoms with van der Waals surface area (Å²) in [6, 6.07) is 3.82. The Morgan fingerprint density at radius 2 is 1.82 bits per heavy atom. The first-order valence-electron chi connectivity index (χ1n) is 6.31. The maximum Gasteiger partial charge on any atom is 0.354 e. The number of carbonyl (C=O) groups is 1. The lowest BCUT2D eigenvalue weighted by atomic mass is 10.0. The molecule has 1 aromatic carbocycles. The standard InChI is InChI=1S/C15H12F3NO3/c1-22-5-4-8-6-10(17)13(11(18)7-8)14-9(16)2-3-12(19-14)15(20)21/h2-3,6-7H,4-5H2,1H3,(H,20,21). The number of pyridine rings is 1. The fourth-order valence-corrected chi connectivity index (χ4v) is 1.95. The van der Waals surface area contributed by atoms with Crippen LogP contribution >= 0.6 is 0 Å². The van der Waals surface area contributed by atoms with Crippen molar-refractivity contribution < 1.29 is 27.8 Å². The minimum absolute atomic E-state index is 0.277. The highest BCUT2D eigenvalue weighted by Crippen LogP contribution is 2.28. The second-order valence-electron chi connectivity index (χ2n) is 4.51. The van der Waals surface area contributed by atoms with Gasteiger partial charge in [-0.1, -0.05) is 0 Å². The number of aromatic carboxylic acids is 1. The molecule has 0 bridgehead atoms. The number of ether oxygens (including phenoxy) is 1. The molecule has 0 saturated carbocycles. The lowest BCUT2D eigenvalue weighted by molar-refractivity contribution is 0.0690. The quantitative estimate of drug-likeness (QED) is 0.922. The van der Waals surface area contributed by atoms with Gasteiger partial charge in [0.1, 0.15) is 28.8 Å². The van der Waals surface area contributed by atoms with Crippen LogP contribution in [0.2, 0.25) is 0 Å². The third-order valence-electron chi connectivity index (χ3n) is 3.00. The van der Waals surface area contributed by atoms with Crippen LogP contribution in [0.1, 0.15) is 16.1 Å². The minimum Gasteiger partial charge on any atom is -0.477 e. The number of carboxylic acid groups (broad SMARTS) is 1. The summed E-state index contributed by atoms with van der Waals surface area (Å²) in [6.07, 6.45) is 0.287. The summed E-state index contributed by atoms with van der Waals surface area (Å²) in [6.45, 7) is 0.277. The molecule has 1 N–H and O–H groups in total. The van der Waals surface area contributed by atoms with Crippen LogP contribution in [0, 0.1) is 17.5 Å². The molecule has 0 spiro atoms. The Balaban J connectivity index is 2.53. The van der Waals surface area contributed by atoms with E-state index in [1.807, 2.05) is 0 Å². The van der Waals surface area contributed by atoms with Gasteiger partial charge in [-0.2, -0.15) is 0 Å². The first-order valence-corrected chi connectivity index (χ1v) is 6.31. The van der Waals surface area contributed by atoms with Crippen LogP contribution in [0.15, 0.2) is 24.3 Å². The summed E-state index contributed by atoms with van der Waals surface area (Å²) in [7, 11) is 1.46. The molecule has 1 aromatic heterocycles. The Morgan fingerprint density at radius 1 is 1.18 bits per heavy atom. The smallest absolute Gasteiger partial charge is 0.354 e. The number of hydrogen-bond acceptors (Lipinski definition) is 3. The second-order valence-corrected chi connectivity index (χ2v) is 4.51. The number of aromatic nitrogens is 1. The number of hydrogen-bond donors (Lipinski definition) is 1. The SMILES string of the molecule is COCCc1cc(F)c(-c2nc(C(=O)O)ccc2F)c(F)c1. The van der Waals surface area contributed by atoms with Gasteiger partial charge in [0, 0.05) is 7.11 Å². The average Bonchev–Trinajstić information content (AvgIpc) is 2.46. The summed E-state index contributed by atoms with van der Waals surface area (Å²) in [4.78, 5) is 14.3. The number of halogens is 3. The van der Waals surface area contributed by atoms with Gasteiger partial charge in [0.05, 0.1) is 12.2 Å². The predicted octanol–water partition coefficient (Wildman–Crippen LogP) is 3.05. The lowest BCUT2D eigenvalue weighted by Gasteiger charge is -2.09. The Kier molecular flexibility index (Phi) is 4.77. The molecule has 0 aliphatic rings. The highest BCUT2D eigenvalue weighted by Gasteiger charge is 2.20. The number of rotatable bonds is 5. The van der Waals surface area contributed by atoms with Crippen molar-refractivity contribution in [2.75, 3.05) is 13.7 Å². The van der Waals surface area contributed by atoms with Crippen molar-refractivity contribution >= 4 is 5.97 Å². The van der Waals surface area contributed by atoms with Crippen LogP contribution in [0.4, 0.5) is 13.2 Å². The van der Waals surface area contributed by atoms with Gasteiger partial charge in [-0.05, 0) is 36.2 Å². The highest BCUT2D eigenvalue weighted by molar-refractivity contribution is 5.86. The van der Waals surface area contributed by atoms with Gasteiger partial charge >= 0.3 is 5.97 Å². The normalized spacial score (nSPS) is 10.7. The van der Waals surface area contributed by atoms with Crippen molar-refractivity contribution in [3.63, 3.8) is 0 Å². The van der Waals surface area contributed by atoms with E-state index < -0.39 is 40.4 Å². The summed E-state index contributed by atoms with van der Waals surface area (Å²) >= 11 is 0. The topological polar surface area (TPSA) is 59.4 Å². The number of carboxylic acids is 1. The van der Waals surface area contributed by atoms with Gasteiger partial charge in [0.2, 0.25) is 0 Å². The molecule has 4 nitrogen and oxygen atoms in total. The fourth-order valence-electron chi connectivity index (χ4n) is 1.95. The summed E-state index contributed by atoms with van der Waals surface area (Å²) < 4.78 is 46.8. The Hall–Kier alpha value is -2.41. The second kappa shape index (κ2) is 6.57. The molecular weight excluding hydrogens is 299 g/mol. The minimum atomic E-state index is -1.42. The first kappa shape index (κ1) is 16.0. The van der Waals surface area contributed by atoms with Crippen molar-refractivity contribution in [3.8, 4) is 11.3 Å². The average molecular weight is 311 g/mol. The predicted molar refractivity (Wildman–Crippen MR) is 72.1 cm³/mol. The maximum atomic E-state index is 14.1. The molecule has 116 valence electrons. The van der Waals surface area contributed by atoms with E-state index in [2.05, 4.69) is 4.98 Å². The Bertz CT molecular complexity index is 696. The van der Waals surface area contributed by atoms with Crippen LogP contribution in [-0.2, 0) is 11.2 Å². The van der Waals surface area contributed by atoms with Gasteiger partial charge in [-0.15, -0.1) is 0 Å². The molecule has 2 aromatic rings. The Labute approximate surface area is 124 Å². The molecule has 0 aliphatic carbocycles. The van der Waals surface area contributed by atoms with Crippen molar-refractivity contribution in [3.05, 3.63) is 53.0 Å². The molecule has 1 heterocycles. The van der Waals surface area contributed by atoms with E-state index in [1.54, 1.807) is 0 Å². The third kappa shape index (κ3) is 3.25. The maximum absolute atomic E-state index is 14.1. The number of nitrogens with zero attached hydrogens (tertiary/aromatic N) is 1. The molecule has 7 heteroatoms. The molecular formula is C15H12F3NO3. The van der Waals surface area contributed by atoms with Gasteiger partial charge < -0.3 is 9.84 Å². The van der Waals surface area contributed by atoms with E-state index >= 15 is 0 Å². The van der Waals surface area contributed by atoms with Crippen molar-refractivity contribution in [2.24, 2.45) is 0 Å². The van der Waals surface area contributed by atoms with Gasteiger partial charge in [-0.25, -0.2) is 22.9 Å². The molecule has 0 unspecified atom stereocenters. The van der Waals surface area contributed by atoms with E-state index in [-0.39, 0.29) is 13.0 Å². The third-order valence-corrected chi connectivity index (χ3v) is 3.00. The Morgan fingerprint density at radius 3 is 2.36 bits per heavy atom. The van der Waals surface area contributed by atoms with Gasteiger partial charge in [-0.3, -0.25) is 0 Å². The molecule has 22 heavy (non-hydrogen) atoms. The van der Waals surface area contributed by atoms with Crippen molar-refractivity contribution in [1.29, 1.82) is 0 Å². The molecule has 0 radical (unpaired) electrons. The van der Waals surface area contributed by atoms with Gasteiger partial charge in [0.25, 0.3) is 0 Å². The van der Waals surface area contributed by atoms with Crippen LogP contribution in [0.25, 0.3) is 11.3 Å². The number of methoxy groups -OCH3 is 1. The summed E-state index contributed by atoms with van der Waals surface area (Å²) in [5, 5.41) is 8.84. The van der Waals surface area contributed by atoms with E-state index in [9.17, 15) is 18.0 Å². The largest absolute Gasteiger partial charge is 0.477 e. The molecule has 0 amide bonds. The fraction of sp³-hybridized carbons (Fsp3) is 0.200. The van der Waals surface area contributed by atoms with E-state index in [4.69, 9.17) is 9.84 Å². The zero-order chi connectivity index (χ0) is 16.3. The molecule has 0 aliphatic heterocycles. The highest BCUT2D eigenvalue weighted by atomic mass is 19.1. The monoisotopic (exact) mass is 311 g/mol. The van der Waals surface area contributed by atoms with Crippen LogP contribution in [0.3, 0.4) is 0 Å². The molecule has 0 atom stereocenters. The molecule has 0 fully saturated rings. The van der Waals surface area contributed by atoms with E-state index in [0.717, 1.165) is 24.3 Å². The summed E-state index contributed by atoms with van der Waals surface area (Å²) in [5.41, 5.74) is -1.52. The first-order chi connectivity index (χ1) is 10.4.